The third kappa shape index (κ3) is 5.19. The molecular weight excluding hydrogens is 482 g/mol. The van der Waals surface area contributed by atoms with Gasteiger partial charge in [-0.15, -0.1) is 11.3 Å². The molecule has 4 aromatic rings. The number of nitrogens with zero attached hydrogens (tertiary/aromatic N) is 3. The van der Waals surface area contributed by atoms with Crippen molar-refractivity contribution in [3.63, 3.8) is 0 Å². The van der Waals surface area contributed by atoms with Crippen LogP contribution >= 0.6 is 22.9 Å². The van der Waals surface area contributed by atoms with E-state index in [1.165, 1.54) is 17.4 Å². The Morgan fingerprint density at radius 3 is 2.36 bits per heavy atom. The maximum absolute atomic E-state index is 13.0. The molecule has 0 saturated carbocycles. The number of anilines is 2. The van der Waals surface area contributed by atoms with Gasteiger partial charge in [0.1, 0.15) is 4.88 Å². The predicted octanol–water partition coefficient (Wildman–Crippen LogP) is 4.92. The number of benzene rings is 2. The van der Waals surface area contributed by atoms with E-state index in [1.807, 2.05) is 0 Å². The van der Waals surface area contributed by atoms with Crippen LogP contribution in [0.4, 0.5) is 11.4 Å². The van der Waals surface area contributed by atoms with E-state index in [1.54, 1.807) is 68.7 Å². The van der Waals surface area contributed by atoms with Crippen LogP contribution in [0.2, 0.25) is 5.02 Å². The van der Waals surface area contributed by atoms with Gasteiger partial charge in [-0.1, -0.05) is 17.7 Å². The first-order valence-corrected chi connectivity index (χ1v) is 12.4. The SMILES string of the molecule is Cc1ccc(NC(=O)c2sc(-c3ncccn3)nc2C)cc1S(=O)(=O)Nc1ccc(Cl)cc1. The van der Waals surface area contributed by atoms with E-state index in [4.69, 9.17) is 11.6 Å². The largest absolute Gasteiger partial charge is 0.321 e. The minimum Gasteiger partial charge on any atom is -0.321 e. The monoisotopic (exact) mass is 499 g/mol. The van der Waals surface area contributed by atoms with Crippen LogP contribution in [0.5, 0.6) is 0 Å². The zero-order valence-corrected chi connectivity index (χ0v) is 19.9. The predicted molar refractivity (Wildman–Crippen MR) is 129 cm³/mol. The Labute approximate surface area is 199 Å². The van der Waals surface area contributed by atoms with Crippen LogP contribution in [0.3, 0.4) is 0 Å². The lowest BCUT2D eigenvalue weighted by Crippen LogP contribution is -2.16. The summed E-state index contributed by atoms with van der Waals surface area (Å²) in [4.78, 5) is 26.0. The molecule has 0 aliphatic rings. The molecule has 1 amide bonds. The summed E-state index contributed by atoms with van der Waals surface area (Å²) in [6, 6.07) is 12.7. The number of rotatable bonds is 6. The quantitative estimate of drug-likeness (QED) is 0.389. The van der Waals surface area contributed by atoms with Gasteiger partial charge in [0.05, 0.1) is 10.6 Å². The number of thiazole rings is 1. The number of nitrogens with one attached hydrogen (secondary N) is 2. The molecule has 2 N–H and O–H groups in total. The molecular formula is C22H18ClN5O3S2. The number of sulfonamides is 1. The second-order valence-electron chi connectivity index (χ2n) is 7.05. The summed E-state index contributed by atoms with van der Waals surface area (Å²) in [5, 5.41) is 3.78. The molecule has 168 valence electrons. The van der Waals surface area contributed by atoms with E-state index in [2.05, 4.69) is 25.0 Å². The molecule has 2 aromatic heterocycles. The highest BCUT2D eigenvalue weighted by Crippen LogP contribution is 2.28. The van der Waals surface area contributed by atoms with Crippen molar-refractivity contribution in [2.45, 2.75) is 18.7 Å². The maximum atomic E-state index is 13.0. The summed E-state index contributed by atoms with van der Waals surface area (Å²) < 4.78 is 28.4. The molecule has 0 fully saturated rings. The summed E-state index contributed by atoms with van der Waals surface area (Å²) in [6.45, 7) is 3.40. The third-order valence-electron chi connectivity index (χ3n) is 4.59. The molecule has 4 rings (SSSR count). The number of carbonyl (C=O) groups excluding carboxylic acids is 1. The van der Waals surface area contributed by atoms with Crippen molar-refractivity contribution < 1.29 is 13.2 Å². The molecule has 0 radical (unpaired) electrons. The molecule has 2 heterocycles. The van der Waals surface area contributed by atoms with E-state index in [0.717, 1.165) is 0 Å². The van der Waals surface area contributed by atoms with Crippen LogP contribution < -0.4 is 10.0 Å². The summed E-state index contributed by atoms with van der Waals surface area (Å²) in [5.74, 6) is 0.0340. The Bertz CT molecular complexity index is 1420. The van der Waals surface area contributed by atoms with Crippen molar-refractivity contribution in [2.24, 2.45) is 0 Å². The van der Waals surface area contributed by atoms with Crippen molar-refractivity contribution in [2.75, 3.05) is 10.0 Å². The number of aryl methyl sites for hydroxylation is 2. The summed E-state index contributed by atoms with van der Waals surface area (Å²) in [7, 11) is -3.89. The third-order valence-corrected chi connectivity index (χ3v) is 7.52. The van der Waals surface area contributed by atoms with Crippen LogP contribution in [0.15, 0.2) is 65.8 Å². The zero-order chi connectivity index (χ0) is 23.6. The van der Waals surface area contributed by atoms with Gasteiger partial charge < -0.3 is 5.32 Å². The average molecular weight is 500 g/mol. The zero-order valence-electron chi connectivity index (χ0n) is 17.5. The van der Waals surface area contributed by atoms with Gasteiger partial charge in [0.25, 0.3) is 15.9 Å². The molecule has 0 spiro atoms. The average Bonchev–Trinajstić information content (AvgIpc) is 3.19. The first-order valence-electron chi connectivity index (χ1n) is 9.68. The Morgan fingerprint density at radius 2 is 1.67 bits per heavy atom. The molecule has 8 nitrogen and oxygen atoms in total. The normalized spacial score (nSPS) is 11.2. The topological polar surface area (TPSA) is 114 Å². The Hall–Kier alpha value is -3.34. The van der Waals surface area contributed by atoms with Crippen LogP contribution in [0, 0.1) is 13.8 Å². The first-order chi connectivity index (χ1) is 15.7. The molecule has 0 aliphatic carbocycles. The fourth-order valence-corrected chi connectivity index (χ4v) is 5.36. The smallest absolute Gasteiger partial charge is 0.267 e. The highest BCUT2D eigenvalue weighted by molar-refractivity contribution is 7.92. The standard InChI is InChI=1S/C22H18ClN5O3S2/c1-13-4-7-17(12-18(13)33(30,31)28-16-8-5-15(23)6-9-16)27-21(29)19-14(2)26-22(32-19)20-24-10-3-11-25-20/h3-12,28H,1-2H3,(H,27,29). The lowest BCUT2D eigenvalue weighted by Gasteiger charge is -2.12. The molecule has 11 heteroatoms. The Balaban J connectivity index is 1.57. The fourth-order valence-electron chi connectivity index (χ4n) is 3.00. The second kappa shape index (κ2) is 9.26. The first kappa shape index (κ1) is 22.8. The van der Waals surface area contributed by atoms with Crippen molar-refractivity contribution in [1.82, 2.24) is 15.0 Å². The molecule has 0 aliphatic heterocycles. The second-order valence-corrected chi connectivity index (χ2v) is 10.1. The number of carbonyl (C=O) groups is 1. The maximum Gasteiger partial charge on any atom is 0.267 e. The van der Waals surface area contributed by atoms with Crippen LogP contribution in [0.1, 0.15) is 20.9 Å². The van der Waals surface area contributed by atoms with Crippen molar-refractivity contribution in [1.29, 1.82) is 0 Å². The summed E-state index contributed by atoms with van der Waals surface area (Å²) in [5.41, 5.74) is 1.79. The lowest BCUT2D eigenvalue weighted by atomic mass is 10.2. The molecule has 0 saturated heterocycles. The van der Waals surface area contributed by atoms with Crippen LogP contribution in [-0.2, 0) is 10.0 Å². The molecule has 33 heavy (non-hydrogen) atoms. The van der Waals surface area contributed by atoms with Gasteiger partial charge in [-0.3, -0.25) is 9.52 Å². The Kier molecular flexibility index (Phi) is 6.41. The van der Waals surface area contributed by atoms with Crippen LogP contribution in [0.25, 0.3) is 10.8 Å². The number of hydrogen-bond donors (Lipinski definition) is 2. The van der Waals surface area contributed by atoms with Gasteiger partial charge in [-0.2, -0.15) is 0 Å². The fraction of sp³-hybridized carbons (Fsp3) is 0.0909. The number of hydrogen-bond acceptors (Lipinski definition) is 7. The minimum atomic E-state index is -3.89. The van der Waals surface area contributed by atoms with Gasteiger partial charge in [-0.05, 0) is 61.9 Å². The van der Waals surface area contributed by atoms with Crippen molar-refractivity contribution in [3.8, 4) is 10.8 Å². The van der Waals surface area contributed by atoms with Crippen LogP contribution in [-0.4, -0.2) is 29.3 Å². The van der Waals surface area contributed by atoms with E-state index in [9.17, 15) is 13.2 Å². The van der Waals surface area contributed by atoms with Gasteiger partial charge in [-0.25, -0.2) is 23.4 Å². The van der Waals surface area contributed by atoms with E-state index >= 15 is 0 Å². The molecule has 0 atom stereocenters. The number of halogens is 1. The summed E-state index contributed by atoms with van der Waals surface area (Å²) in [6.07, 6.45) is 3.20. The number of amides is 1. The van der Waals surface area contributed by atoms with Crippen molar-refractivity contribution in [3.05, 3.63) is 82.1 Å². The summed E-state index contributed by atoms with van der Waals surface area (Å²) >= 11 is 7.03. The van der Waals surface area contributed by atoms with Gasteiger partial charge in [0, 0.05) is 28.8 Å². The van der Waals surface area contributed by atoms with E-state index in [0.29, 0.717) is 43.4 Å². The molecule has 2 aromatic carbocycles. The van der Waals surface area contributed by atoms with E-state index in [-0.39, 0.29) is 4.90 Å². The van der Waals surface area contributed by atoms with Gasteiger partial charge in [0.15, 0.2) is 10.8 Å². The minimum absolute atomic E-state index is 0.0506. The van der Waals surface area contributed by atoms with Gasteiger partial charge in [0.2, 0.25) is 0 Å². The highest BCUT2D eigenvalue weighted by atomic mass is 35.5. The lowest BCUT2D eigenvalue weighted by molar-refractivity contribution is 0.102. The van der Waals surface area contributed by atoms with Crippen molar-refractivity contribution >= 4 is 50.2 Å². The molecule has 0 unspecified atom stereocenters. The highest BCUT2D eigenvalue weighted by Gasteiger charge is 2.21. The number of aromatic nitrogens is 3. The van der Waals surface area contributed by atoms with E-state index < -0.39 is 15.9 Å². The van der Waals surface area contributed by atoms with Gasteiger partial charge >= 0.3 is 0 Å². The Morgan fingerprint density at radius 1 is 1.00 bits per heavy atom. The molecule has 0 bridgehead atoms.